The Hall–Kier alpha value is -1.84. The highest BCUT2D eigenvalue weighted by Gasteiger charge is 2.23. The van der Waals surface area contributed by atoms with E-state index in [-0.39, 0.29) is 5.56 Å². The minimum absolute atomic E-state index is 0.0322. The van der Waals surface area contributed by atoms with Gasteiger partial charge in [-0.05, 0) is 26.3 Å². The van der Waals surface area contributed by atoms with Gasteiger partial charge in [0.25, 0.3) is 5.56 Å². The Morgan fingerprint density at radius 1 is 1.33 bits per heavy atom. The largest absolute Gasteiger partial charge is 0.376 e. The van der Waals surface area contributed by atoms with Crippen LogP contribution in [0, 0.1) is 6.92 Å². The molecule has 0 saturated carbocycles. The standard InChI is InChI=1S/C18H26N6O2S/c1-13-20-21-18(27-13)19-11-15-4-2-3-6-23(15)7-8-24-17(25)10-14-12-26-9-5-16(14)22-24/h10,15H,2-9,11-12H2,1H3,(H,19,21). The Bertz CT molecular complexity index is 835. The summed E-state index contributed by atoms with van der Waals surface area (Å²) < 4.78 is 7.04. The summed E-state index contributed by atoms with van der Waals surface area (Å²) >= 11 is 1.59. The van der Waals surface area contributed by atoms with Crippen molar-refractivity contribution in [1.29, 1.82) is 0 Å². The van der Waals surface area contributed by atoms with Crippen LogP contribution in [0.2, 0.25) is 0 Å². The molecule has 0 aliphatic carbocycles. The third-order valence-electron chi connectivity index (χ3n) is 5.27. The first-order valence-corrected chi connectivity index (χ1v) is 10.5. The maximum Gasteiger partial charge on any atom is 0.267 e. The van der Waals surface area contributed by atoms with Crippen molar-refractivity contribution in [3.8, 4) is 0 Å². The smallest absolute Gasteiger partial charge is 0.267 e. The summed E-state index contributed by atoms with van der Waals surface area (Å²) in [5, 5.41) is 18.1. The van der Waals surface area contributed by atoms with E-state index in [1.165, 1.54) is 12.8 Å². The molecule has 8 nitrogen and oxygen atoms in total. The molecule has 0 aromatic carbocycles. The second-order valence-corrected chi connectivity index (χ2v) is 8.35. The van der Waals surface area contributed by atoms with Crippen LogP contribution in [0.3, 0.4) is 0 Å². The van der Waals surface area contributed by atoms with Gasteiger partial charge < -0.3 is 10.1 Å². The summed E-state index contributed by atoms with van der Waals surface area (Å²) in [6.45, 7) is 6.54. The highest BCUT2D eigenvalue weighted by molar-refractivity contribution is 7.15. The molecule has 4 heterocycles. The Morgan fingerprint density at radius 2 is 2.26 bits per heavy atom. The number of nitrogens with one attached hydrogen (secondary N) is 1. The second kappa shape index (κ2) is 8.45. The lowest BCUT2D eigenvalue weighted by molar-refractivity contribution is 0.107. The van der Waals surface area contributed by atoms with E-state index in [0.717, 1.165) is 53.9 Å². The maximum absolute atomic E-state index is 12.4. The molecule has 1 saturated heterocycles. The van der Waals surface area contributed by atoms with E-state index in [1.807, 2.05) is 6.92 Å². The predicted molar refractivity (Wildman–Crippen MR) is 104 cm³/mol. The van der Waals surface area contributed by atoms with Crippen LogP contribution in [0.25, 0.3) is 0 Å². The minimum atomic E-state index is -0.0322. The molecule has 2 aromatic rings. The molecule has 2 aliphatic rings. The number of fused-ring (bicyclic) bond motifs is 1. The average molecular weight is 391 g/mol. The molecule has 27 heavy (non-hydrogen) atoms. The fourth-order valence-electron chi connectivity index (χ4n) is 3.79. The first-order valence-electron chi connectivity index (χ1n) is 9.65. The van der Waals surface area contributed by atoms with E-state index in [4.69, 9.17) is 4.74 Å². The van der Waals surface area contributed by atoms with Crippen molar-refractivity contribution in [2.45, 2.75) is 51.8 Å². The van der Waals surface area contributed by atoms with Crippen molar-refractivity contribution < 1.29 is 4.74 Å². The highest BCUT2D eigenvalue weighted by Crippen LogP contribution is 2.19. The van der Waals surface area contributed by atoms with Crippen molar-refractivity contribution in [3.05, 3.63) is 32.7 Å². The maximum atomic E-state index is 12.4. The molecule has 0 spiro atoms. The zero-order valence-electron chi connectivity index (χ0n) is 15.7. The molecule has 0 bridgehead atoms. The molecule has 2 aromatic heterocycles. The van der Waals surface area contributed by atoms with Gasteiger partial charge in [-0.25, -0.2) is 4.68 Å². The number of aromatic nitrogens is 4. The van der Waals surface area contributed by atoms with Gasteiger partial charge in [-0.1, -0.05) is 17.8 Å². The molecule has 1 N–H and O–H groups in total. The van der Waals surface area contributed by atoms with Gasteiger partial charge in [-0.3, -0.25) is 9.69 Å². The number of hydrogen-bond acceptors (Lipinski definition) is 8. The number of rotatable bonds is 6. The van der Waals surface area contributed by atoms with Gasteiger partial charge in [0.2, 0.25) is 5.13 Å². The van der Waals surface area contributed by atoms with Gasteiger partial charge in [0.05, 0.1) is 25.5 Å². The van der Waals surface area contributed by atoms with Crippen molar-refractivity contribution in [2.75, 3.05) is 31.6 Å². The van der Waals surface area contributed by atoms with E-state index in [2.05, 4.69) is 25.5 Å². The Balaban J connectivity index is 1.37. The van der Waals surface area contributed by atoms with Crippen LogP contribution in [0.1, 0.15) is 35.5 Å². The number of aryl methyl sites for hydroxylation is 1. The van der Waals surface area contributed by atoms with Crippen LogP contribution in [0.4, 0.5) is 5.13 Å². The Kier molecular flexibility index (Phi) is 5.80. The minimum Gasteiger partial charge on any atom is -0.376 e. The number of ether oxygens (including phenoxy) is 1. The quantitative estimate of drug-likeness (QED) is 0.799. The summed E-state index contributed by atoms with van der Waals surface area (Å²) in [4.78, 5) is 14.8. The third kappa shape index (κ3) is 4.53. The van der Waals surface area contributed by atoms with Crippen LogP contribution in [-0.4, -0.2) is 57.2 Å². The Labute approximate surface area is 162 Å². The van der Waals surface area contributed by atoms with Crippen molar-refractivity contribution in [3.63, 3.8) is 0 Å². The fraction of sp³-hybridized carbons (Fsp3) is 0.667. The summed E-state index contributed by atoms with van der Waals surface area (Å²) in [7, 11) is 0. The third-order valence-corrected chi connectivity index (χ3v) is 6.06. The monoisotopic (exact) mass is 390 g/mol. The van der Waals surface area contributed by atoms with Gasteiger partial charge in [0, 0.05) is 37.2 Å². The summed E-state index contributed by atoms with van der Waals surface area (Å²) in [6.07, 6.45) is 4.40. The van der Waals surface area contributed by atoms with Crippen LogP contribution in [0.5, 0.6) is 0 Å². The van der Waals surface area contributed by atoms with E-state index >= 15 is 0 Å². The lowest BCUT2D eigenvalue weighted by Crippen LogP contribution is -2.45. The van der Waals surface area contributed by atoms with Crippen LogP contribution >= 0.6 is 11.3 Å². The molecule has 0 amide bonds. The molecule has 4 rings (SSSR count). The molecule has 0 radical (unpaired) electrons. The normalized spacial score (nSPS) is 20.4. The average Bonchev–Trinajstić information content (AvgIpc) is 3.10. The number of piperidine rings is 1. The van der Waals surface area contributed by atoms with Crippen LogP contribution < -0.4 is 10.9 Å². The Morgan fingerprint density at radius 3 is 3.11 bits per heavy atom. The number of likely N-dealkylation sites (tertiary alicyclic amines) is 1. The molecule has 1 unspecified atom stereocenters. The van der Waals surface area contributed by atoms with Gasteiger partial charge in [-0.2, -0.15) is 5.10 Å². The molecular formula is C18H26N6O2S. The van der Waals surface area contributed by atoms with Gasteiger partial charge >= 0.3 is 0 Å². The van der Waals surface area contributed by atoms with Crippen LogP contribution in [0.15, 0.2) is 10.9 Å². The van der Waals surface area contributed by atoms with E-state index < -0.39 is 0 Å². The number of anilines is 1. The van der Waals surface area contributed by atoms with Gasteiger partial charge in [0.1, 0.15) is 5.01 Å². The van der Waals surface area contributed by atoms with E-state index in [1.54, 1.807) is 22.1 Å². The summed E-state index contributed by atoms with van der Waals surface area (Å²) in [5.41, 5.74) is 1.91. The fourth-order valence-corrected chi connectivity index (χ4v) is 4.39. The van der Waals surface area contributed by atoms with Crippen molar-refractivity contribution in [2.24, 2.45) is 0 Å². The molecule has 1 fully saturated rings. The molecular weight excluding hydrogens is 364 g/mol. The second-order valence-electron chi connectivity index (χ2n) is 7.17. The van der Waals surface area contributed by atoms with Crippen molar-refractivity contribution >= 4 is 16.5 Å². The summed E-state index contributed by atoms with van der Waals surface area (Å²) in [5.74, 6) is 0. The SMILES string of the molecule is Cc1nnc(NCC2CCCCN2CCn2nc3c(cc2=O)COCC3)s1. The van der Waals surface area contributed by atoms with E-state index in [9.17, 15) is 4.79 Å². The summed E-state index contributed by atoms with van der Waals surface area (Å²) in [6, 6.07) is 2.14. The van der Waals surface area contributed by atoms with Crippen LogP contribution in [-0.2, 0) is 24.3 Å². The lowest BCUT2D eigenvalue weighted by Gasteiger charge is -2.35. The zero-order chi connectivity index (χ0) is 18.6. The molecule has 146 valence electrons. The topological polar surface area (TPSA) is 85.2 Å². The number of nitrogens with zero attached hydrogens (tertiary/aromatic N) is 5. The van der Waals surface area contributed by atoms with E-state index in [0.29, 0.717) is 25.8 Å². The first kappa shape index (κ1) is 18.5. The van der Waals surface area contributed by atoms with Gasteiger partial charge in [-0.15, -0.1) is 10.2 Å². The zero-order valence-corrected chi connectivity index (χ0v) is 16.5. The van der Waals surface area contributed by atoms with Crippen molar-refractivity contribution in [1.82, 2.24) is 24.9 Å². The predicted octanol–water partition coefficient (Wildman–Crippen LogP) is 1.44. The number of hydrogen-bond donors (Lipinski definition) is 1. The molecule has 2 aliphatic heterocycles. The lowest BCUT2D eigenvalue weighted by atomic mass is 10.0. The first-order chi connectivity index (χ1) is 13.2. The highest BCUT2D eigenvalue weighted by atomic mass is 32.1. The molecule has 1 atom stereocenters. The van der Waals surface area contributed by atoms with Gasteiger partial charge in [0.15, 0.2) is 0 Å². The molecule has 9 heteroatoms.